The summed E-state index contributed by atoms with van der Waals surface area (Å²) in [4.78, 5) is 24.6. The van der Waals surface area contributed by atoms with Crippen LogP contribution in [-0.2, 0) is 4.79 Å². The zero-order chi connectivity index (χ0) is 24.1. The number of piperidine rings is 1. The Morgan fingerprint density at radius 2 is 1.97 bits per heavy atom. The van der Waals surface area contributed by atoms with Crippen molar-refractivity contribution >= 4 is 17.5 Å². The summed E-state index contributed by atoms with van der Waals surface area (Å²) in [5.41, 5.74) is 4.28. The number of hydrogen-bond donors (Lipinski definition) is 2. The number of carbonyl (C=O) groups excluding carboxylic acids is 1. The van der Waals surface area contributed by atoms with Gasteiger partial charge in [-0.2, -0.15) is 10.1 Å². The fraction of sp³-hybridized carbons (Fsp3) is 0.417. The number of H-pyrrole nitrogens is 1. The molecule has 2 N–H and O–H groups in total. The van der Waals surface area contributed by atoms with Crippen LogP contribution >= 0.6 is 11.6 Å². The summed E-state index contributed by atoms with van der Waals surface area (Å²) >= 11 is 6.11. The molecular formula is C24H29ClN6O3. The van der Waals surface area contributed by atoms with Gasteiger partial charge >= 0.3 is 6.01 Å². The van der Waals surface area contributed by atoms with E-state index in [4.69, 9.17) is 21.3 Å². The van der Waals surface area contributed by atoms with Crippen molar-refractivity contribution in [2.24, 2.45) is 0 Å². The summed E-state index contributed by atoms with van der Waals surface area (Å²) < 4.78 is 5.78. The highest BCUT2D eigenvalue weighted by Gasteiger charge is 2.29. The molecule has 1 aliphatic rings. The zero-order valence-corrected chi connectivity index (χ0v) is 20.1. The Balaban J connectivity index is 1.68. The predicted molar refractivity (Wildman–Crippen MR) is 130 cm³/mol. The minimum Gasteiger partial charge on any atom is -0.462 e. The van der Waals surface area contributed by atoms with E-state index in [9.17, 15) is 9.90 Å². The predicted octanol–water partition coefficient (Wildman–Crippen LogP) is 2.83. The van der Waals surface area contributed by atoms with Gasteiger partial charge in [0.2, 0.25) is 5.91 Å². The molecule has 10 heteroatoms. The van der Waals surface area contributed by atoms with Crippen LogP contribution in [0.25, 0.3) is 22.5 Å². The fourth-order valence-corrected chi connectivity index (χ4v) is 4.24. The molecule has 0 radical (unpaired) electrons. The van der Waals surface area contributed by atoms with Crippen molar-refractivity contribution in [3.63, 3.8) is 0 Å². The maximum Gasteiger partial charge on any atom is 0.316 e. The summed E-state index contributed by atoms with van der Waals surface area (Å²) in [7, 11) is 3.96. The van der Waals surface area contributed by atoms with Gasteiger partial charge in [-0.15, -0.1) is 0 Å². The van der Waals surface area contributed by atoms with E-state index in [0.717, 1.165) is 47.6 Å². The van der Waals surface area contributed by atoms with Crippen molar-refractivity contribution in [2.75, 3.05) is 46.9 Å². The smallest absolute Gasteiger partial charge is 0.316 e. The second-order valence-electron chi connectivity index (χ2n) is 8.56. The van der Waals surface area contributed by atoms with E-state index in [-0.39, 0.29) is 11.8 Å². The monoisotopic (exact) mass is 484 g/mol. The van der Waals surface area contributed by atoms with Gasteiger partial charge in [-0.1, -0.05) is 23.7 Å². The molecule has 1 aromatic carbocycles. The maximum atomic E-state index is 11.9. The van der Waals surface area contributed by atoms with Gasteiger partial charge in [0, 0.05) is 53.6 Å². The third kappa shape index (κ3) is 5.55. The van der Waals surface area contributed by atoms with E-state index in [2.05, 4.69) is 15.2 Å². The van der Waals surface area contributed by atoms with Gasteiger partial charge in [-0.05, 0) is 45.1 Å². The van der Waals surface area contributed by atoms with E-state index >= 15 is 0 Å². The Morgan fingerprint density at radius 1 is 1.24 bits per heavy atom. The van der Waals surface area contributed by atoms with Crippen molar-refractivity contribution in [1.29, 1.82) is 0 Å². The van der Waals surface area contributed by atoms with Gasteiger partial charge in [0.25, 0.3) is 0 Å². The van der Waals surface area contributed by atoms with Crippen LogP contribution in [0.4, 0.5) is 0 Å². The van der Waals surface area contributed by atoms with Crippen LogP contribution in [0.5, 0.6) is 6.01 Å². The Bertz CT molecular complexity index is 1110. The molecule has 2 aromatic heterocycles. The maximum absolute atomic E-state index is 11.9. The SMILES string of the molecule is CN(C)CCOc1nccc(-c2c(-c3ccc(Cl)cc3)n[nH]c2C2CCN(C(=O)CO)CC2)n1. The standard InChI is InChI=1S/C24H29ClN6O3/c1-30(2)13-14-34-24-26-10-7-19(27-24)21-22(16-3-5-18(25)6-4-16)28-29-23(21)17-8-11-31(12-9-17)20(33)15-32/h3-7,10,17,32H,8-9,11-15H2,1-2H3,(H,28,29). The minimum atomic E-state index is -0.460. The number of ether oxygens (including phenoxy) is 1. The van der Waals surface area contributed by atoms with Crippen LogP contribution in [0.3, 0.4) is 0 Å². The number of rotatable bonds is 8. The van der Waals surface area contributed by atoms with Crippen LogP contribution in [-0.4, -0.2) is 87.9 Å². The molecule has 3 heterocycles. The minimum absolute atomic E-state index is 0.166. The molecule has 1 fully saturated rings. The number of carbonyl (C=O) groups is 1. The van der Waals surface area contributed by atoms with E-state index in [1.165, 1.54) is 0 Å². The molecule has 0 aliphatic carbocycles. The number of nitrogens with zero attached hydrogens (tertiary/aromatic N) is 5. The topological polar surface area (TPSA) is 107 Å². The van der Waals surface area contributed by atoms with Crippen molar-refractivity contribution in [2.45, 2.75) is 18.8 Å². The summed E-state index contributed by atoms with van der Waals surface area (Å²) in [5.74, 6) is -0.0696. The molecule has 1 aliphatic heterocycles. The summed E-state index contributed by atoms with van der Waals surface area (Å²) in [6, 6.07) is 9.72. The summed E-state index contributed by atoms with van der Waals surface area (Å²) in [6.07, 6.45) is 3.22. The number of aliphatic hydroxyl groups excluding tert-OH is 1. The normalized spacial score (nSPS) is 14.6. The lowest BCUT2D eigenvalue weighted by Gasteiger charge is -2.31. The first kappa shape index (κ1) is 24.1. The lowest BCUT2D eigenvalue weighted by atomic mass is 9.89. The molecule has 34 heavy (non-hydrogen) atoms. The molecule has 0 atom stereocenters. The van der Waals surface area contributed by atoms with Crippen molar-refractivity contribution in [1.82, 2.24) is 30.0 Å². The molecule has 0 saturated carbocycles. The van der Waals surface area contributed by atoms with Gasteiger partial charge in [-0.3, -0.25) is 9.89 Å². The molecule has 9 nitrogen and oxygen atoms in total. The number of aromatic amines is 1. The lowest BCUT2D eigenvalue weighted by molar-refractivity contribution is -0.135. The number of aliphatic hydroxyl groups is 1. The number of nitrogens with one attached hydrogen (secondary N) is 1. The van der Waals surface area contributed by atoms with Gasteiger partial charge in [0.15, 0.2) is 0 Å². The molecule has 3 aromatic rings. The average Bonchev–Trinajstić information content (AvgIpc) is 3.29. The first-order valence-electron chi connectivity index (χ1n) is 11.3. The second kappa shape index (κ2) is 10.9. The van der Waals surface area contributed by atoms with Gasteiger partial charge in [0.05, 0.1) is 5.69 Å². The quantitative estimate of drug-likeness (QED) is 0.506. The number of hydrogen-bond acceptors (Lipinski definition) is 7. The van der Waals surface area contributed by atoms with Crippen LogP contribution in [0.2, 0.25) is 5.02 Å². The van der Waals surface area contributed by atoms with Crippen LogP contribution in [0.15, 0.2) is 36.5 Å². The fourth-order valence-electron chi connectivity index (χ4n) is 4.11. The lowest BCUT2D eigenvalue weighted by Crippen LogP contribution is -2.39. The number of halogens is 1. The first-order chi connectivity index (χ1) is 16.5. The van der Waals surface area contributed by atoms with Crippen molar-refractivity contribution < 1.29 is 14.6 Å². The Hall–Kier alpha value is -3.01. The first-order valence-corrected chi connectivity index (χ1v) is 11.7. The van der Waals surface area contributed by atoms with E-state index < -0.39 is 6.61 Å². The highest BCUT2D eigenvalue weighted by atomic mass is 35.5. The van der Waals surface area contributed by atoms with Gasteiger partial charge in [-0.25, -0.2) is 4.98 Å². The number of aromatic nitrogens is 4. The number of likely N-dealkylation sites (N-methyl/N-ethyl adjacent to an activating group) is 1. The highest BCUT2D eigenvalue weighted by Crippen LogP contribution is 2.39. The van der Waals surface area contributed by atoms with Crippen LogP contribution in [0, 0.1) is 0 Å². The van der Waals surface area contributed by atoms with Crippen molar-refractivity contribution in [3.8, 4) is 28.5 Å². The van der Waals surface area contributed by atoms with Crippen LogP contribution < -0.4 is 4.74 Å². The van der Waals surface area contributed by atoms with E-state index in [0.29, 0.717) is 30.7 Å². The Labute approximate surface area is 203 Å². The molecule has 0 bridgehead atoms. The summed E-state index contributed by atoms with van der Waals surface area (Å²) in [6.45, 7) is 1.95. The Kier molecular flexibility index (Phi) is 7.77. The third-order valence-corrected chi connectivity index (χ3v) is 6.21. The van der Waals surface area contributed by atoms with E-state index in [1.807, 2.05) is 49.3 Å². The zero-order valence-electron chi connectivity index (χ0n) is 19.4. The van der Waals surface area contributed by atoms with Gasteiger partial charge in [0.1, 0.15) is 18.9 Å². The molecule has 0 unspecified atom stereocenters. The van der Waals surface area contributed by atoms with Crippen molar-refractivity contribution in [3.05, 3.63) is 47.2 Å². The van der Waals surface area contributed by atoms with E-state index in [1.54, 1.807) is 11.1 Å². The summed E-state index contributed by atoms with van der Waals surface area (Å²) in [5, 5.41) is 17.7. The second-order valence-corrected chi connectivity index (χ2v) is 8.99. The molecular weight excluding hydrogens is 456 g/mol. The highest BCUT2D eigenvalue weighted by molar-refractivity contribution is 6.30. The number of amides is 1. The number of likely N-dealkylation sites (tertiary alicyclic amines) is 1. The van der Waals surface area contributed by atoms with Gasteiger partial charge < -0.3 is 19.6 Å². The molecule has 4 rings (SSSR count). The third-order valence-electron chi connectivity index (χ3n) is 5.96. The molecule has 180 valence electrons. The Morgan fingerprint density at radius 3 is 2.65 bits per heavy atom. The average molecular weight is 485 g/mol. The molecule has 1 amide bonds. The molecule has 0 spiro atoms. The molecule has 1 saturated heterocycles. The largest absolute Gasteiger partial charge is 0.462 e. The number of benzene rings is 1. The van der Waals surface area contributed by atoms with Crippen LogP contribution in [0.1, 0.15) is 24.5 Å².